The van der Waals surface area contributed by atoms with Gasteiger partial charge in [-0.15, -0.1) is 0 Å². The quantitative estimate of drug-likeness (QED) is 0.614. The number of alkyl halides is 3. The molecule has 0 aliphatic heterocycles. The lowest BCUT2D eigenvalue weighted by Gasteiger charge is -2.10. The van der Waals surface area contributed by atoms with E-state index in [1.54, 1.807) is 0 Å². The highest BCUT2D eigenvalue weighted by Gasteiger charge is 2.30. The molecule has 0 unspecified atom stereocenters. The van der Waals surface area contributed by atoms with E-state index in [0.29, 0.717) is 5.69 Å². The number of halogens is 5. The Balaban J connectivity index is 1.91. The van der Waals surface area contributed by atoms with Crippen molar-refractivity contribution < 1.29 is 22.4 Å². The van der Waals surface area contributed by atoms with Gasteiger partial charge < -0.3 is 5.32 Å². The lowest BCUT2D eigenvalue weighted by Crippen LogP contribution is -2.14. The summed E-state index contributed by atoms with van der Waals surface area (Å²) in [5.41, 5.74) is -0.406. The van der Waals surface area contributed by atoms with Crippen LogP contribution < -0.4 is 5.32 Å². The Morgan fingerprint density at radius 1 is 1.19 bits per heavy atom. The Hall–Kier alpha value is -2.87. The fraction of sp³-hybridized carbons (Fsp3) is 0.111. The Bertz CT molecular complexity index is 1010. The molecule has 0 radical (unpaired) electrons. The first-order valence-corrected chi connectivity index (χ1v) is 8.03. The summed E-state index contributed by atoms with van der Waals surface area (Å²) < 4.78 is 53.6. The van der Waals surface area contributed by atoms with Crippen molar-refractivity contribution in [1.82, 2.24) is 9.78 Å². The standard InChI is InChI=1S/C18H12ClF4N3O/c1-10-14(17(27)25-16-8-12(19)5-6-15(16)20)9-24-26(10)13-4-2-3-11(7-13)18(21,22)23/h2-9H,1H3,(H,25,27). The van der Waals surface area contributed by atoms with Gasteiger partial charge in [0.2, 0.25) is 0 Å². The van der Waals surface area contributed by atoms with Crippen LogP contribution in [0.25, 0.3) is 5.69 Å². The van der Waals surface area contributed by atoms with Crippen LogP contribution in [0.15, 0.2) is 48.7 Å². The minimum Gasteiger partial charge on any atom is -0.319 e. The van der Waals surface area contributed by atoms with Gasteiger partial charge in [-0.3, -0.25) is 4.79 Å². The SMILES string of the molecule is Cc1c(C(=O)Nc2cc(Cl)ccc2F)cnn1-c1cccc(C(F)(F)F)c1. The molecule has 0 fully saturated rings. The van der Waals surface area contributed by atoms with Crippen molar-refractivity contribution in [3.05, 3.63) is 76.3 Å². The second-order valence-corrected chi connectivity index (χ2v) is 6.12. The second-order valence-electron chi connectivity index (χ2n) is 5.68. The number of hydrogen-bond acceptors (Lipinski definition) is 2. The van der Waals surface area contributed by atoms with Gasteiger partial charge in [0.15, 0.2) is 0 Å². The molecule has 1 amide bonds. The number of carbonyl (C=O) groups is 1. The van der Waals surface area contributed by atoms with Gasteiger partial charge in [-0.05, 0) is 43.3 Å². The number of rotatable bonds is 3. The van der Waals surface area contributed by atoms with Crippen molar-refractivity contribution in [2.45, 2.75) is 13.1 Å². The summed E-state index contributed by atoms with van der Waals surface area (Å²) in [7, 11) is 0. The van der Waals surface area contributed by atoms with E-state index >= 15 is 0 Å². The van der Waals surface area contributed by atoms with Crippen LogP contribution in [-0.2, 0) is 6.18 Å². The van der Waals surface area contributed by atoms with Crippen LogP contribution in [0.2, 0.25) is 5.02 Å². The van der Waals surface area contributed by atoms with Crippen molar-refractivity contribution >= 4 is 23.2 Å². The summed E-state index contributed by atoms with van der Waals surface area (Å²) in [6.07, 6.45) is -3.30. The molecule has 1 N–H and O–H groups in total. The maximum absolute atomic E-state index is 13.8. The van der Waals surface area contributed by atoms with Gasteiger partial charge in [0.25, 0.3) is 5.91 Å². The number of nitrogens with zero attached hydrogens (tertiary/aromatic N) is 2. The summed E-state index contributed by atoms with van der Waals surface area (Å²) in [4.78, 5) is 12.4. The Morgan fingerprint density at radius 3 is 2.63 bits per heavy atom. The average molecular weight is 398 g/mol. The van der Waals surface area contributed by atoms with E-state index in [9.17, 15) is 22.4 Å². The molecule has 1 heterocycles. The highest BCUT2D eigenvalue weighted by molar-refractivity contribution is 6.31. The second kappa shape index (κ2) is 7.03. The zero-order valence-corrected chi connectivity index (χ0v) is 14.6. The lowest BCUT2D eigenvalue weighted by molar-refractivity contribution is -0.137. The fourth-order valence-electron chi connectivity index (χ4n) is 2.49. The molecular weight excluding hydrogens is 386 g/mol. The highest BCUT2D eigenvalue weighted by Crippen LogP contribution is 2.30. The van der Waals surface area contributed by atoms with Gasteiger partial charge in [-0.2, -0.15) is 18.3 Å². The molecule has 1 aromatic heterocycles. The molecule has 3 aromatic rings. The van der Waals surface area contributed by atoms with Crippen LogP contribution >= 0.6 is 11.6 Å². The van der Waals surface area contributed by atoms with Crippen molar-refractivity contribution in [2.24, 2.45) is 0 Å². The van der Waals surface area contributed by atoms with Crippen molar-refractivity contribution in [3.63, 3.8) is 0 Å². The normalized spacial score (nSPS) is 11.5. The molecule has 2 aromatic carbocycles. The van der Waals surface area contributed by atoms with E-state index < -0.39 is 23.5 Å². The van der Waals surface area contributed by atoms with Crippen LogP contribution in [0.1, 0.15) is 21.6 Å². The molecule has 0 saturated heterocycles. The van der Waals surface area contributed by atoms with Crippen LogP contribution in [0.5, 0.6) is 0 Å². The van der Waals surface area contributed by atoms with Crippen LogP contribution in [0, 0.1) is 12.7 Å². The molecule has 0 spiro atoms. The zero-order chi connectivity index (χ0) is 19.8. The lowest BCUT2D eigenvalue weighted by atomic mass is 10.2. The van der Waals surface area contributed by atoms with E-state index in [2.05, 4.69) is 10.4 Å². The minimum absolute atomic E-state index is 0.0896. The smallest absolute Gasteiger partial charge is 0.319 e. The number of aromatic nitrogens is 2. The van der Waals surface area contributed by atoms with E-state index in [4.69, 9.17) is 11.6 Å². The minimum atomic E-state index is -4.50. The first-order valence-electron chi connectivity index (χ1n) is 7.65. The van der Waals surface area contributed by atoms with Crippen LogP contribution in [0.4, 0.5) is 23.2 Å². The molecule has 0 bridgehead atoms. The molecule has 9 heteroatoms. The zero-order valence-electron chi connectivity index (χ0n) is 13.8. The van der Waals surface area contributed by atoms with Crippen molar-refractivity contribution in [2.75, 3.05) is 5.32 Å². The van der Waals surface area contributed by atoms with E-state index in [1.807, 2.05) is 0 Å². The number of benzene rings is 2. The number of anilines is 1. The molecule has 0 atom stereocenters. The summed E-state index contributed by atoms with van der Waals surface area (Å²) in [6.45, 7) is 1.52. The largest absolute Gasteiger partial charge is 0.416 e. The third kappa shape index (κ3) is 3.95. The molecule has 4 nitrogen and oxygen atoms in total. The average Bonchev–Trinajstić information content (AvgIpc) is 2.99. The highest BCUT2D eigenvalue weighted by atomic mass is 35.5. The number of hydrogen-bond donors (Lipinski definition) is 1. The molecule has 140 valence electrons. The molecule has 3 rings (SSSR count). The van der Waals surface area contributed by atoms with Gasteiger partial charge >= 0.3 is 6.18 Å². The molecular formula is C18H12ClF4N3O. The number of amides is 1. The Kier molecular flexibility index (Phi) is 4.93. The Morgan fingerprint density at radius 2 is 1.93 bits per heavy atom. The Labute approximate surface area is 156 Å². The van der Waals surface area contributed by atoms with Gasteiger partial charge in [-0.25, -0.2) is 9.07 Å². The summed E-state index contributed by atoms with van der Waals surface area (Å²) in [6, 6.07) is 8.26. The maximum Gasteiger partial charge on any atom is 0.416 e. The van der Waals surface area contributed by atoms with Crippen molar-refractivity contribution in [1.29, 1.82) is 0 Å². The van der Waals surface area contributed by atoms with Crippen LogP contribution in [0.3, 0.4) is 0 Å². The van der Waals surface area contributed by atoms with Crippen LogP contribution in [-0.4, -0.2) is 15.7 Å². The summed E-state index contributed by atoms with van der Waals surface area (Å²) in [5.74, 6) is -1.33. The van der Waals surface area contributed by atoms with Crippen molar-refractivity contribution in [3.8, 4) is 5.69 Å². The maximum atomic E-state index is 13.8. The number of carbonyl (C=O) groups excluding carboxylic acids is 1. The third-order valence-corrected chi connectivity index (χ3v) is 4.08. The summed E-state index contributed by atoms with van der Waals surface area (Å²) in [5, 5.41) is 6.60. The monoisotopic (exact) mass is 397 g/mol. The first kappa shape index (κ1) is 18.9. The van der Waals surface area contributed by atoms with Gasteiger partial charge in [0.05, 0.1) is 34.4 Å². The van der Waals surface area contributed by atoms with E-state index in [1.165, 1.54) is 42.1 Å². The topological polar surface area (TPSA) is 46.9 Å². The third-order valence-electron chi connectivity index (χ3n) is 3.85. The molecule has 27 heavy (non-hydrogen) atoms. The van der Waals surface area contributed by atoms with E-state index in [-0.39, 0.29) is 22.0 Å². The van der Waals surface area contributed by atoms with Gasteiger partial charge in [-0.1, -0.05) is 17.7 Å². The summed E-state index contributed by atoms with van der Waals surface area (Å²) >= 11 is 5.79. The van der Waals surface area contributed by atoms with E-state index in [0.717, 1.165) is 18.2 Å². The number of nitrogens with one attached hydrogen (secondary N) is 1. The predicted octanol–water partition coefficient (Wildman–Crippen LogP) is 5.24. The first-order chi connectivity index (χ1) is 12.7. The predicted molar refractivity (Wildman–Crippen MR) is 92.7 cm³/mol. The fourth-order valence-corrected chi connectivity index (χ4v) is 2.66. The van der Waals surface area contributed by atoms with Gasteiger partial charge in [0.1, 0.15) is 5.82 Å². The molecule has 0 aliphatic carbocycles. The molecule has 0 aliphatic rings. The van der Waals surface area contributed by atoms with Gasteiger partial charge in [0, 0.05) is 5.02 Å². The molecule has 0 saturated carbocycles.